The van der Waals surface area contributed by atoms with Crippen molar-refractivity contribution in [3.8, 4) is 0 Å². The fourth-order valence-corrected chi connectivity index (χ4v) is 4.43. The zero-order valence-electron chi connectivity index (χ0n) is 16.4. The lowest BCUT2D eigenvalue weighted by atomic mass is 9.74. The van der Waals surface area contributed by atoms with Gasteiger partial charge in [-0.2, -0.15) is 0 Å². The second-order valence-electron chi connectivity index (χ2n) is 7.62. The number of carbonyl (C=O) groups is 1. The van der Waals surface area contributed by atoms with Gasteiger partial charge < -0.3 is 26.0 Å². The summed E-state index contributed by atoms with van der Waals surface area (Å²) in [4.78, 5) is 26.7. The number of para-hydroxylation sites is 1. The molecule has 2 aromatic heterocycles. The lowest BCUT2D eigenvalue weighted by Gasteiger charge is -2.46. The van der Waals surface area contributed by atoms with E-state index in [0.29, 0.717) is 6.54 Å². The van der Waals surface area contributed by atoms with Gasteiger partial charge in [-0.1, -0.05) is 18.2 Å². The van der Waals surface area contributed by atoms with Crippen LogP contribution in [0.4, 0.5) is 11.5 Å². The number of aliphatic hydroxyl groups is 1. The second-order valence-corrected chi connectivity index (χ2v) is 7.62. The summed E-state index contributed by atoms with van der Waals surface area (Å²) in [5, 5.41) is 14.9. The average Bonchev–Trinajstić information content (AvgIpc) is 3.21. The molecule has 0 saturated carbocycles. The highest BCUT2D eigenvalue weighted by Crippen LogP contribution is 2.36. The molecule has 1 aromatic carbocycles. The van der Waals surface area contributed by atoms with E-state index in [1.807, 2.05) is 42.6 Å². The summed E-state index contributed by atoms with van der Waals surface area (Å²) in [5.74, 6) is 0.0696. The number of hydrogen-bond acceptors (Lipinski definition) is 6. The summed E-state index contributed by atoms with van der Waals surface area (Å²) in [6, 6.07) is 11.4. The molecule has 152 valence electrons. The number of nitrogens with one attached hydrogen (secondary N) is 2. The third-order valence-electron chi connectivity index (χ3n) is 5.89. The first kappa shape index (κ1) is 19.2. The molecular weight excluding hydrogens is 368 g/mol. The van der Waals surface area contributed by atoms with Crippen molar-refractivity contribution in [2.75, 3.05) is 23.3 Å². The van der Waals surface area contributed by atoms with Crippen molar-refractivity contribution in [2.45, 2.75) is 31.4 Å². The molecule has 1 aliphatic heterocycles. The van der Waals surface area contributed by atoms with E-state index in [0.717, 1.165) is 41.9 Å². The monoisotopic (exact) mass is 394 g/mol. The lowest BCUT2D eigenvalue weighted by molar-refractivity contribution is -0.128. The number of primary amides is 1. The molecule has 5 N–H and O–H groups in total. The van der Waals surface area contributed by atoms with E-state index < -0.39 is 17.6 Å². The molecule has 3 heterocycles. The number of hydrogen-bond donors (Lipinski definition) is 4. The molecule has 8 nitrogen and oxygen atoms in total. The lowest BCUT2D eigenvalue weighted by Crippen LogP contribution is -2.65. The van der Waals surface area contributed by atoms with Crippen molar-refractivity contribution >= 4 is 28.4 Å². The molecule has 29 heavy (non-hydrogen) atoms. The maximum Gasteiger partial charge on any atom is 0.246 e. The third kappa shape index (κ3) is 3.40. The minimum absolute atomic E-state index is 0.196. The summed E-state index contributed by atoms with van der Waals surface area (Å²) >= 11 is 0. The van der Waals surface area contributed by atoms with Crippen LogP contribution in [-0.2, 0) is 4.79 Å². The molecular formula is C21H26N6O2. The summed E-state index contributed by atoms with van der Waals surface area (Å²) in [6.45, 7) is 2.98. The van der Waals surface area contributed by atoms with Gasteiger partial charge in [0, 0.05) is 30.9 Å². The van der Waals surface area contributed by atoms with Crippen molar-refractivity contribution in [1.82, 2.24) is 15.0 Å². The number of aromatic nitrogens is 3. The van der Waals surface area contributed by atoms with Crippen molar-refractivity contribution in [2.24, 2.45) is 11.7 Å². The second kappa shape index (κ2) is 7.71. The maximum absolute atomic E-state index is 12.7. The van der Waals surface area contributed by atoms with Crippen LogP contribution in [0, 0.1) is 5.92 Å². The number of rotatable bonds is 6. The smallest absolute Gasteiger partial charge is 0.246 e. The average molecular weight is 394 g/mol. The van der Waals surface area contributed by atoms with Crippen LogP contribution in [0.15, 0.2) is 48.9 Å². The van der Waals surface area contributed by atoms with E-state index in [9.17, 15) is 9.90 Å². The highest BCUT2D eigenvalue weighted by atomic mass is 16.3. The number of nitrogens with zero attached hydrogens (tertiary/aromatic N) is 3. The van der Waals surface area contributed by atoms with Crippen molar-refractivity contribution in [3.05, 3.63) is 48.9 Å². The Hall–Kier alpha value is -3.13. The molecule has 3 aromatic rings. The van der Waals surface area contributed by atoms with Gasteiger partial charge in [0.05, 0.1) is 11.5 Å². The molecule has 4 rings (SSSR count). The van der Waals surface area contributed by atoms with Gasteiger partial charge in [-0.3, -0.25) is 4.79 Å². The van der Waals surface area contributed by atoms with Crippen LogP contribution >= 0.6 is 0 Å². The fraction of sp³-hybridized carbons (Fsp3) is 0.381. The van der Waals surface area contributed by atoms with E-state index in [-0.39, 0.29) is 5.92 Å². The van der Waals surface area contributed by atoms with Crippen LogP contribution < -0.4 is 16.0 Å². The van der Waals surface area contributed by atoms with Crippen LogP contribution in [0.1, 0.15) is 19.8 Å². The Morgan fingerprint density at radius 3 is 2.86 bits per heavy atom. The Balaban J connectivity index is 1.69. The Labute approximate surface area is 169 Å². The van der Waals surface area contributed by atoms with Gasteiger partial charge in [0.25, 0.3) is 0 Å². The molecule has 0 spiro atoms. The normalized spacial score (nSPS) is 20.2. The highest BCUT2D eigenvalue weighted by Gasteiger charge is 2.50. The van der Waals surface area contributed by atoms with Crippen LogP contribution in [0.5, 0.6) is 0 Å². The Kier molecular flexibility index (Phi) is 5.10. The highest BCUT2D eigenvalue weighted by molar-refractivity contribution is 5.90. The van der Waals surface area contributed by atoms with Crippen LogP contribution in [-0.4, -0.2) is 50.7 Å². The van der Waals surface area contributed by atoms with Crippen LogP contribution in [0.25, 0.3) is 11.0 Å². The minimum atomic E-state index is -1.29. The molecule has 1 fully saturated rings. The first-order chi connectivity index (χ1) is 14.0. The molecule has 0 aliphatic carbocycles. The van der Waals surface area contributed by atoms with Crippen LogP contribution in [0.2, 0.25) is 0 Å². The first-order valence-electron chi connectivity index (χ1n) is 9.86. The zero-order valence-corrected chi connectivity index (χ0v) is 16.4. The summed E-state index contributed by atoms with van der Waals surface area (Å²) in [5.41, 5.74) is 6.14. The quantitative estimate of drug-likeness (QED) is 0.507. The van der Waals surface area contributed by atoms with Crippen LogP contribution in [0.3, 0.4) is 0 Å². The number of anilines is 2. The van der Waals surface area contributed by atoms with Gasteiger partial charge in [-0.15, -0.1) is 0 Å². The number of aliphatic hydroxyl groups excluding tert-OH is 1. The number of H-pyrrole nitrogens is 1. The number of piperidine rings is 1. The summed E-state index contributed by atoms with van der Waals surface area (Å²) in [6.07, 6.45) is 4.04. The Morgan fingerprint density at radius 1 is 1.34 bits per heavy atom. The number of amides is 1. The van der Waals surface area contributed by atoms with Crippen molar-refractivity contribution < 1.29 is 9.90 Å². The van der Waals surface area contributed by atoms with Crippen molar-refractivity contribution in [3.63, 3.8) is 0 Å². The van der Waals surface area contributed by atoms with Gasteiger partial charge in [0.15, 0.2) is 0 Å². The number of benzene rings is 1. The Bertz CT molecular complexity index is 989. The predicted octanol–water partition coefficient (Wildman–Crippen LogP) is 1.89. The Morgan fingerprint density at radius 2 is 2.14 bits per heavy atom. The number of carbonyl (C=O) groups excluding carboxylic acids is 1. The number of aromatic amines is 1. The van der Waals surface area contributed by atoms with E-state index in [2.05, 4.69) is 25.2 Å². The zero-order chi connectivity index (χ0) is 20.4. The van der Waals surface area contributed by atoms with E-state index in [4.69, 9.17) is 5.73 Å². The minimum Gasteiger partial charge on any atom is -0.390 e. The molecule has 3 atom stereocenters. The van der Waals surface area contributed by atoms with Gasteiger partial charge in [-0.25, -0.2) is 9.97 Å². The number of nitrogens with two attached hydrogens (primary N) is 1. The molecule has 8 heteroatoms. The molecule has 1 amide bonds. The van der Waals surface area contributed by atoms with E-state index >= 15 is 0 Å². The summed E-state index contributed by atoms with van der Waals surface area (Å²) < 4.78 is 0. The number of fused-ring (bicyclic) bond motifs is 1. The molecule has 0 radical (unpaired) electrons. The fourth-order valence-electron chi connectivity index (χ4n) is 4.43. The maximum atomic E-state index is 12.7. The SMILES string of the molecule is CC(O)C(Nc1ccccc1)(C(N)=O)[C@@H]1CCCN(c2ncnc3[nH]ccc23)C1. The standard InChI is InChI=1S/C21H26N6O2/c1-14(28)21(20(22)29,26-16-7-3-2-4-8-16)15-6-5-11-27(12-15)19-17-9-10-23-18(17)24-13-25-19/h2-4,7-10,13-15,26,28H,5-6,11-12H2,1H3,(H2,22,29)(H,23,24,25)/t14?,15-,21?/m1/s1. The largest absolute Gasteiger partial charge is 0.390 e. The molecule has 1 aliphatic rings. The predicted molar refractivity (Wildman–Crippen MR) is 112 cm³/mol. The van der Waals surface area contributed by atoms with Crippen molar-refractivity contribution in [1.29, 1.82) is 0 Å². The third-order valence-corrected chi connectivity index (χ3v) is 5.89. The van der Waals surface area contributed by atoms with Gasteiger partial charge in [0.2, 0.25) is 5.91 Å². The topological polar surface area (TPSA) is 120 Å². The summed E-state index contributed by atoms with van der Waals surface area (Å²) in [7, 11) is 0. The van der Waals surface area contributed by atoms with E-state index in [1.165, 1.54) is 6.33 Å². The molecule has 0 bridgehead atoms. The molecule has 2 unspecified atom stereocenters. The first-order valence-corrected chi connectivity index (χ1v) is 9.86. The molecule has 1 saturated heterocycles. The van der Waals surface area contributed by atoms with Gasteiger partial charge >= 0.3 is 0 Å². The van der Waals surface area contributed by atoms with E-state index in [1.54, 1.807) is 6.92 Å². The van der Waals surface area contributed by atoms with Gasteiger partial charge in [0.1, 0.15) is 23.3 Å². The van der Waals surface area contributed by atoms with Gasteiger partial charge in [-0.05, 0) is 38.0 Å².